The second-order valence-electron chi connectivity index (χ2n) is 8.09. The van der Waals surface area contributed by atoms with E-state index in [-0.39, 0.29) is 17.6 Å². The Labute approximate surface area is 188 Å². The van der Waals surface area contributed by atoms with E-state index in [1.54, 1.807) is 0 Å². The van der Waals surface area contributed by atoms with Gasteiger partial charge >= 0.3 is 0 Å². The van der Waals surface area contributed by atoms with Gasteiger partial charge in [-0.25, -0.2) is 0 Å². The molecule has 0 aromatic heterocycles. The van der Waals surface area contributed by atoms with Crippen molar-refractivity contribution in [2.45, 2.75) is 37.5 Å². The molecule has 1 atom stereocenters. The zero-order valence-corrected chi connectivity index (χ0v) is 18.7. The van der Waals surface area contributed by atoms with Crippen molar-refractivity contribution in [3.63, 3.8) is 0 Å². The van der Waals surface area contributed by atoms with Crippen molar-refractivity contribution >= 4 is 34.8 Å². The monoisotopic (exact) mass is 442 g/mol. The van der Waals surface area contributed by atoms with Crippen molar-refractivity contribution in [1.82, 2.24) is 20.4 Å². The maximum absolute atomic E-state index is 12.9. The number of thiocarbonyl (C=S) groups is 1. The number of hydrogen-bond donors (Lipinski definition) is 2. The zero-order valence-electron chi connectivity index (χ0n) is 17.1. The van der Waals surface area contributed by atoms with E-state index in [2.05, 4.69) is 27.7 Å². The van der Waals surface area contributed by atoms with Gasteiger partial charge in [-0.15, -0.1) is 0 Å². The molecule has 7 heteroatoms. The van der Waals surface area contributed by atoms with Gasteiger partial charge in [-0.05, 0) is 41.9 Å². The smallest absolute Gasteiger partial charge is 0.241 e. The van der Waals surface area contributed by atoms with Crippen LogP contribution >= 0.6 is 23.8 Å². The largest absolute Gasteiger partial charge is 0.358 e. The standard InChI is InChI=1S/C23H27ClN4OS/c1-27-21(29)20(15-17-5-3-2-4-6-17)26-23(27)11-13-28(14-12-23)22(30)25-16-18-7-9-19(24)10-8-18/h2-10,20,26H,11-16H2,1H3,(H,25,30). The van der Waals surface area contributed by atoms with Crippen LogP contribution in [0.25, 0.3) is 0 Å². The number of likely N-dealkylation sites (N-methyl/N-ethyl adjacent to an activating group) is 1. The molecule has 4 rings (SSSR count). The summed E-state index contributed by atoms with van der Waals surface area (Å²) < 4.78 is 0. The van der Waals surface area contributed by atoms with Crippen molar-refractivity contribution < 1.29 is 4.79 Å². The van der Waals surface area contributed by atoms with E-state index < -0.39 is 0 Å². The Kier molecular flexibility index (Phi) is 6.27. The third-order valence-electron chi connectivity index (χ3n) is 6.23. The van der Waals surface area contributed by atoms with Crippen LogP contribution in [0.1, 0.15) is 24.0 Å². The van der Waals surface area contributed by atoms with Crippen LogP contribution in [-0.4, -0.2) is 52.7 Å². The third kappa shape index (κ3) is 4.46. The van der Waals surface area contributed by atoms with Crippen LogP contribution in [0.5, 0.6) is 0 Å². The van der Waals surface area contributed by atoms with E-state index in [9.17, 15) is 4.79 Å². The van der Waals surface area contributed by atoms with Crippen molar-refractivity contribution in [2.24, 2.45) is 0 Å². The molecule has 2 N–H and O–H groups in total. The second-order valence-corrected chi connectivity index (χ2v) is 8.91. The SMILES string of the molecule is CN1C(=O)C(Cc2ccccc2)NC12CCN(C(=S)NCc1ccc(Cl)cc1)CC2. The van der Waals surface area contributed by atoms with Gasteiger partial charge in [0.05, 0.1) is 11.7 Å². The number of piperidine rings is 1. The van der Waals surface area contributed by atoms with Crippen LogP contribution in [0.15, 0.2) is 54.6 Å². The Balaban J connectivity index is 1.32. The Morgan fingerprint density at radius 3 is 2.47 bits per heavy atom. The first-order chi connectivity index (χ1) is 14.5. The quantitative estimate of drug-likeness (QED) is 0.712. The number of amides is 1. The molecular weight excluding hydrogens is 416 g/mol. The molecule has 2 fully saturated rings. The van der Waals surface area contributed by atoms with E-state index in [0.29, 0.717) is 6.54 Å². The van der Waals surface area contributed by atoms with Crippen LogP contribution in [0.2, 0.25) is 5.02 Å². The molecule has 1 unspecified atom stereocenters. The van der Waals surface area contributed by atoms with Crippen molar-refractivity contribution in [2.75, 3.05) is 20.1 Å². The highest BCUT2D eigenvalue weighted by Gasteiger charge is 2.49. The van der Waals surface area contributed by atoms with Crippen molar-refractivity contribution in [3.05, 3.63) is 70.7 Å². The molecule has 2 aromatic carbocycles. The first-order valence-corrected chi connectivity index (χ1v) is 11.1. The lowest BCUT2D eigenvalue weighted by Crippen LogP contribution is -2.59. The molecule has 2 saturated heterocycles. The van der Waals surface area contributed by atoms with Gasteiger partial charge < -0.3 is 15.1 Å². The van der Waals surface area contributed by atoms with E-state index in [1.165, 1.54) is 5.56 Å². The number of benzene rings is 2. The molecule has 2 aliphatic rings. The Bertz CT molecular complexity index is 897. The van der Waals surface area contributed by atoms with Crippen LogP contribution in [0.4, 0.5) is 0 Å². The molecule has 0 bridgehead atoms. The summed E-state index contributed by atoms with van der Waals surface area (Å²) in [4.78, 5) is 17.0. The number of hydrogen-bond acceptors (Lipinski definition) is 3. The lowest BCUT2D eigenvalue weighted by Gasteiger charge is -2.44. The average Bonchev–Trinajstić information content (AvgIpc) is 2.99. The Morgan fingerprint density at radius 2 is 1.80 bits per heavy atom. The van der Waals surface area contributed by atoms with Crippen molar-refractivity contribution in [1.29, 1.82) is 0 Å². The van der Waals surface area contributed by atoms with Crippen LogP contribution in [-0.2, 0) is 17.8 Å². The first kappa shape index (κ1) is 21.1. The fourth-order valence-electron chi connectivity index (χ4n) is 4.37. The topological polar surface area (TPSA) is 47.6 Å². The molecule has 2 heterocycles. The summed E-state index contributed by atoms with van der Waals surface area (Å²) in [6.45, 7) is 2.30. The fourth-order valence-corrected chi connectivity index (χ4v) is 4.75. The highest BCUT2D eigenvalue weighted by molar-refractivity contribution is 7.80. The van der Waals surface area contributed by atoms with Crippen LogP contribution in [0.3, 0.4) is 0 Å². The van der Waals surface area contributed by atoms with E-state index in [4.69, 9.17) is 23.8 Å². The van der Waals surface area contributed by atoms with Gasteiger partial charge in [-0.2, -0.15) is 0 Å². The first-order valence-electron chi connectivity index (χ1n) is 10.3. The van der Waals surface area contributed by atoms with Gasteiger partial charge in [0.25, 0.3) is 0 Å². The van der Waals surface area contributed by atoms with Crippen molar-refractivity contribution in [3.8, 4) is 0 Å². The van der Waals surface area contributed by atoms with Gasteiger partial charge in [0.1, 0.15) is 0 Å². The van der Waals surface area contributed by atoms with Crippen LogP contribution < -0.4 is 10.6 Å². The minimum Gasteiger partial charge on any atom is -0.358 e. The molecular formula is C23H27ClN4OS. The van der Waals surface area contributed by atoms with E-state index >= 15 is 0 Å². The summed E-state index contributed by atoms with van der Waals surface area (Å²) in [5.41, 5.74) is 2.04. The summed E-state index contributed by atoms with van der Waals surface area (Å²) in [5, 5.41) is 8.48. The molecule has 0 radical (unpaired) electrons. The van der Waals surface area contributed by atoms with Gasteiger partial charge in [0.2, 0.25) is 5.91 Å². The number of halogens is 1. The van der Waals surface area contributed by atoms with Gasteiger partial charge in [0, 0.05) is 44.5 Å². The summed E-state index contributed by atoms with van der Waals surface area (Å²) >= 11 is 11.6. The highest BCUT2D eigenvalue weighted by atomic mass is 35.5. The molecule has 0 saturated carbocycles. The number of carbonyl (C=O) groups is 1. The van der Waals surface area contributed by atoms with Gasteiger partial charge in [0.15, 0.2) is 5.11 Å². The molecule has 30 heavy (non-hydrogen) atoms. The second kappa shape index (κ2) is 8.92. The highest BCUT2D eigenvalue weighted by Crippen LogP contribution is 2.32. The van der Waals surface area contributed by atoms with E-state index in [1.807, 2.05) is 54.4 Å². The molecule has 5 nitrogen and oxygen atoms in total. The fraction of sp³-hybridized carbons (Fsp3) is 0.391. The molecule has 2 aromatic rings. The van der Waals surface area contributed by atoms with Crippen LogP contribution in [0, 0.1) is 0 Å². The van der Waals surface area contributed by atoms with Gasteiger partial charge in [-0.3, -0.25) is 10.1 Å². The molecule has 2 aliphatic heterocycles. The number of rotatable bonds is 4. The minimum atomic E-state index is -0.279. The number of nitrogens with one attached hydrogen (secondary N) is 2. The summed E-state index contributed by atoms with van der Waals surface area (Å²) in [6.07, 6.45) is 2.42. The summed E-state index contributed by atoms with van der Waals surface area (Å²) in [5.74, 6) is 0.177. The molecule has 158 valence electrons. The Hall–Kier alpha value is -2.15. The lowest BCUT2D eigenvalue weighted by atomic mass is 9.96. The maximum atomic E-state index is 12.9. The third-order valence-corrected chi connectivity index (χ3v) is 6.89. The van der Waals surface area contributed by atoms with E-state index in [0.717, 1.165) is 48.1 Å². The zero-order chi connectivity index (χ0) is 21.1. The predicted molar refractivity (Wildman–Crippen MR) is 124 cm³/mol. The molecule has 1 spiro atoms. The number of likely N-dealkylation sites (tertiary alicyclic amines) is 1. The number of carbonyl (C=O) groups excluding carboxylic acids is 1. The Morgan fingerprint density at radius 1 is 1.13 bits per heavy atom. The summed E-state index contributed by atoms with van der Waals surface area (Å²) in [7, 11) is 1.92. The summed E-state index contributed by atoms with van der Waals surface area (Å²) in [6, 6.07) is 17.8. The normalized spacial score (nSPS) is 20.6. The maximum Gasteiger partial charge on any atom is 0.241 e. The average molecular weight is 443 g/mol. The number of nitrogens with zero attached hydrogens (tertiary/aromatic N) is 2. The lowest BCUT2D eigenvalue weighted by molar-refractivity contribution is -0.131. The van der Waals surface area contributed by atoms with Gasteiger partial charge in [-0.1, -0.05) is 54.1 Å². The predicted octanol–water partition coefficient (Wildman–Crippen LogP) is 3.18. The molecule has 1 amide bonds. The minimum absolute atomic E-state index is 0.168. The molecule has 0 aliphatic carbocycles.